The second-order valence-corrected chi connectivity index (χ2v) is 10.8. The number of ketones is 2. The molecular formula is C36H36N4O2. The van der Waals surface area contributed by atoms with Crippen molar-refractivity contribution in [1.29, 1.82) is 0 Å². The molecule has 2 N–H and O–H groups in total. The molecule has 4 aromatic carbocycles. The molecule has 212 valence electrons. The summed E-state index contributed by atoms with van der Waals surface area (Å²) < 4.78 is 0. The Balaban J connectivity index is 0.000000168. The third-order valence-corrected chi connectivity index (χ3v) is 7.51. The predicted octanol–water partition coefficient (Wildman–Crippen LogP) is 7.96. The summed E-state index contributed by atoms with van der Waals surface area (Å²) >= 11 is 0. The van der Waals surface area contributed by atoms with E-state index in [9.17, 15) is 9.59 Å². The van der Waals surface area contributed by atoms with Crippen molar-refractivity contribution in [3.8, 4) is 0 Å². The highest BCUT2D eigenvalue weighted by molar-refractivity contribution is 6.47. The quantitative estimate of drug-likeness (QED) is 0.197. The van der Waals surface area contributed by atoms with E-state index in [1.54, 1.807) is 0 Å². The van der Waals surface area contributed by atoms with Gasteiger partial charge in [0.15, 0.2) is 0 Å². The molecule has 6 heteroatoms. The number of rotatable bonds is 4. The van der Waals surface area contributed by atoms with Crippen LogP contribution in [-0.4, -0.2) is 23.0 Å². The Bertz CT molecular complexity index is 1500. The molecule has 0 heterocycles. The van der Waals surface area contributed by atoms with Crippen LogP contribution in [0.15, 0.2) is 107 Å². The topological polar surface area (TPSA) is 82.9 Å². The van der Waals surface area contributed by atoms with E-state index in [1.165, 1.54) is 11.1 Å². The van der Waals surface area contributed by atoms with Crippen molar-refractivity contribution >= 4 is 34.4 Å². The molecule has 0 unspecified atom stereocenters. The summed E-state index contributed by atoms with van der Waals surface area (Å²) in [7, 11) is 0. The van der Waals surface area contributed by atoms with E-state index in [0.29, 0.717) is 24.3 Å². The second-order valence-electron chi connectivity index (χ2n) is 10.8. The van der Waals surface area contributed by atoms with Crippen LogP contribution in [0.5, 0.6) is 0 Å². The fraction of sp³-hybridized carbons (Fsp3) is 0.222. The van der Waals surface area contributed by atoms with E-state index in [0.717, 1.165) is 59.3 Å². The number of hydrazone groups is 2. The summed E-state index contributed by atoms with van der Waals surface area (Å²) in [6.45, 7) is 4.09. The first-order valence-corrected chi connectivity index (χ1v) is 14.5. The average Bonchev–Trinajstić information content (AvgIpc) is 3.28. The molecule has 4 aromatic rings. The minimum atomic E-state index is 0.0442. The number of benzene rings is 4. The number of nitrogens with one attached hydrogen (secondary N) is 2. The van der Waals surface area contributed by atoms with Gasteiger partial charge in [0, 0.05) is 11.1 Å². The lowest BCUT2D eigenvalue weighted by Crippen LogP contribution is -2.15. The van der Waals surface area contributed by atoms with Gasteiger partial charge in [0.05, 0.1) is 11.4 Å². The van der Waals surface area contributed by atoms with Crippen molar-refractivity contribution < 1.29 is 9.59 Å². The zero-order valence-corrected chi connectivity index (χ0v) is 24.2. The van der Waals surface area contributed by atoms with E-state index in [4.69, 9.17) is 0 Å². The Labute approximate surface area is 247 Å². The van der Waals surface area contributed by atoms with Gasteiger partial charge in [0.25, 0.3) is 0 Å². The largest absolute Gasteiger partial charge is 0.287 e. The van der Waals surface area contributed by atoms with Crippen LogP contribution in [0.3, 0.4) is 0 Å². The van der Waals surface area contributed by atoms with E-state index in [2.05, 4.69) is 21.1 Å². The van der Waals surface area contributed by atoms with Crippen molar-refractivity contribution in [2.75, 3.05) is 10.9 Å². The number of carbonyl (C=O) groups is 2. The van der Waals surface area contributed by atoms with Gasteiger partial charge in [-0.1, -0.05) is 83.9 Å². The van der Waals surface area contributed by atoms with Crippen LogP contribution in [-0.2, 0) is 12.8 Å². The van der Waals surface area contributed by atoms with Crippen molar-refractivity contribution in [2.24, 2.45) is 10.2 Å². The lowest BCUT2D eigenvalue weighted by Gasteiger charge is -2.05. The molecule has 42 heavy (non-hydrogen) atoms. The van der Waals surface area contributed by atoms with Crippen molar-refractivity contribution in [2.45, 2.75) is 52.4 Å². The van der Waals surface area contributed by atoms with Gasteiger partial charge in [0.1, 0.15) is 11.4 Å². The van der Waals surface area contributed by atoms with Gasteiger partial charge in [0.2, 0.25) is 11.6 Å². The minimum Gasteiger partial charge on any atom is -0.287 e. The molecule has 0 fully saturated rings. The summed E-state index contributed by atoms with van der Waals surface area (Å²) in [5, 5.41) is 8.68. The molecular weight excluding hydrogens is 520 g/mol. The van der Waals surface area contributed by atoms with Crippen LogP contribution < -0.4 is 10.9 Å². The van der Waals surface area contributed by atoms with Crippen LogP contribution in [0, 0.1) is 13.8 Å². The van der Waals surface area contributed by atoms with Gasteiger partial charge in [-0.3, -0.25) is 20.4 Å². The highest BCUT2D eigenvalue weighted by Gasteiger charge is 2.22. The van der Waals surface area contributed by atoms with E-state index >= 15 is 0 Å². The summed E-state index contributed by atoms with van der Waals surface area (Å²) in [5.74, 6) is 0.0884. The molecule has 0 aromatic heterocycles. The van der Waals surface area contributed by atoms with Crippen LogP contribution in [0.4, 0.5) is 11.4 Å². The van der Waals surface area contributed by atoms with E-state index in [-0.39, 0.29) is 11.6 Å². The number of nitrogens with zero attached hydrogens (tertiary/aromatic N) is 2. The molecule has 0 amide bonds. The van der Waals surface area contributed by atoms with Gasteiger partial charge in [-0.05, 0) is 87.8 Å². The number of fused-ring (bicyclic) bond motifs is 2. The molecule has 2 aliphatic rings. The number of hydrogen-bond donors (Lipinski definition) is 2. The van der Waals surface area contributed by atoms with Crippen molar-refractivity contribution in [3.05, 3.63) is 130 Å². The summed E-state index contributed by atoms with van der Waals surface area (Å²) in [4.78, 5) is 25.1. The highest BCUT2D eigenvalue weighted by atomic mass is 16.1. The summed E-state index contributed by atoms with van der Waals surface area (Å²) in [5.41, 5.74) is 15.3. The molecule has 0 spiro atoms. The Morgan fingerprint density at radius 2 is 0.881 bits per heavy atom. The molecule has 2 aliphatic carbocycles. The maximum absolute atomic E-state index is 12.5. The smallest absolute Gasteiger partial charge is 0.209 e. The standard InChI is InChI=1S/2C18H18N2O/c2*1-13-9-11-15(12-10-13)19-20-17-8-4-6-14-5-2-3-7-16(14)18(17)21/h2*2-3,5,7,9-12,19H,4,6,8H2,1H3/b2*20-17-. The lowest BCUT2D eigenvalue weighted by atomic mass is 10.0. The summed E-state index contributed by atoms with van der Waals surface area (Å²) in [6, 6.07) is 31.6. The number of hydrogen-bond acceptors (Lipinski definition) is 6. The molecule has 0 atom stereocenters. The monoisotopic (exact) mass is 556 g/mol. The molecule has 6 nitrogen and oxygen atoms in total. The number of anilines is 2. The first-order chi connectivity index (χ1) is 20.5. The molecule has 0 bridgehead atoms. The van der Waals surface area contributed by atoms with Crippen LogP contribution in [0.25, 0.3) is 0 Å². The Morgan fingerprint density at radius 3 is 1.29 bits per heavy atom. The third-order valence-electron chi connectivity index (χ3n) is 7.51. The third kappa shape index (κ3) is 7.26. The van der Waals surface area contributed by atoms with Crippen molar-refractivity contribution in [1.82, 2.24) is 0 Å². The van der Waals surface area contributed by atoms with Crippen LogP contribution in [0.2, 0.25) is 0 Å². The molecule has 0 aliphatic heterocycles. The Kier molecular flexibility index (Phi) is 9.34. The maximum atomic E-state index is 12.5. The fourth-order valence-corrected chi connectivity index (χ4v) is 5.08. The molecule has 0 radical (unpaired) electrons. The first-order valence-electron chi connectivity index (χ1n) is 14.5. The first kappa shape index (κ1) is 28.7. The van der Waals surface area contributed by atoms with Crippen LogP contribution >= 0.6 is 0 Å². The predicted molar refractivity (Wildman–Crippen MR) is 172 cm³/mol. The maximum Gasteiger partial charge on any atom is 0.209 e. The second kappa shape index (κ2) is 13.7. The SMILES string of the molecule is Cc1ccc(N/N=C2/CCCc3ccccc3C2=O)cc1.Cc1ccc(N/N=C2/CCCc3ccccc3C2=O)cc1. The molecule has 0 saturated carbocycles. The average molecular weight is 557 g/mol. The normalized spacial score (nSPS) is 16.4. The lowest BCUT2D eigenvalue weighted by molar-refractivity contribution is 0.105. The zero-order chi connectivity index (χ0) is 29.3. The van der Waals surface area contributed by atoms with E-state index in [1.807, 2.05) is 111 Å². The Hall–Kier alpha value is -4.84. The highest BCUT2D eigenvalue weighted by Crippen LogP contribution is 2.21. The molecule has 0 saturated heterocycles. The van der Waals surface area contributed by atoms with Gasteiger partial charge in [-0.2, -0.15) is 10.2 Å². The molecule has 6 rings (SSSR count). The number of Topliss-reactive ketones (excluding diaryl/α,β-unsaturated/α-hetero) is 2. The van der Waals surface area contributed by atoms with Crippen molar-refractivity contribution in [3.63, 3.8) is 0 Å². The number of carbonyl (C=O) groups excluding carboxylic acids is 2. The summed E-state index contributed by atoms with van der Waals surface area (Å²) in [6.07, 6.45) is 5.21. The van der Waals surface area contributed by atoms with Gasteiger partial charge in [-0.15, -0.1) is 0 Å². The van der Waals surface area contributed by atoms with Crippen LogP contribution in [0.1, 0.15) is 68.7 Å². The minimum absolute atomic E-state index is 0.0442. The van der Waals surface area contributed by atoms with Gasteiger partial charge < -0.3 is 0 Å². The fourth-order valence-electron chi connectivity index (χ4n) is 5.08. The van der Waals surface area contributed by atoms with Gasteiger partial charge >= 0.3 is 0 Å². The van der Waals surface area contributed by atoms with Gasteiger partial charge in [-0.25, -0.2) is 0 Å². The number of aryl methyl sites for hydroxylation is 4. The van der Waals surface area contributed by atoms with E-state index < -0.39 is 0 Å². The zero-order valence-electron chi connectivity index (χ0n) is 24.2. The Morgan fingerprint density at radius 1 is 0.500 bits per heavy atom.